The Balaban J connectivity index is 4.46. The van der Waals surface area contributed by atoms with Crippen LogP contribution in [0.1, 0.15) is 155 Å². The van der Waals surface area contributed by atoms with E-state index in [2.05, 4.69) is 32.1 Å². The zero-order chi connectivity index (χ0) is 40.7. The number of rotatable bonds is 37. The number of likely N-dealkylation sites (N-methyl/N-ethyl adjacent to an activating group) is 1. The van der Waals surface area contributed by atoms with E-state index in [1.54, 1.807) is 21.1 Å². The van der Waals surface area contributed by atoms with Crippen LogP contribution in [0.15, 0.2) is 72.9 Å². The Kier molecular flexibility index (Phi) is 35.5. The zero-order valence-electron chi connectivity index (χ0n) is 35.6. The van der Waals surface area contributed by atoms with Crippen molar-refractivity contribution in [2.24, 2.45) is 0 Å². The molecule has 0 bridgehead atoms. The summed E-state index contributed by atoms with van der Waals surface area (Å²) in [6, 6.07) is -0.740. The van der Waals surface area contributed by atoms with Crippen LogP contribution < -0.4 is 5.11 Å². The van der Waals surface area contributed by atoms with Crippen LogP contribution in [0.3, 0.4) is 0 Å². The number of unbranched alkanes of at least 4 members (excludes halogenated alkanes) is 15. The highest BCUT2D eigenvalue weighted by molar-refractivity contribution is 5.70. The van der Waals surface area contributed by atoms with Gasteiger partial charge in [-0.1, -0.05) is 157 Å². The van der Waals surface area contributed by atoms with Gasteiger partial charge in [-0.15, -0.1) is 0 Å². The fourth-order valence-electron chi connectivity index (χ4n) is 5.86. The number of carboxylic acid groups (broad SMARTS) is 1. The maximum atomic E-state index is 12.7. The van der Waals surface area contributed by atoms with E-state index in [1.165, 1.54) is 64.2 Å². The van der Waals surface area contributed by atoms with Gasteiger partial charge in [0, 0.05) is 19.3 Å². The molecule has 0 N–H and O–H groups in total. The number of carbonyl (C=O) groups is 3. The van der Waals surface area contributed by atoms with E-state index in [4.69, 9.17) is 14.2 Å². The van der Waals surface area contributed by atoms with Crippen molar-refractivity contribution in [2.75, 3.05) is 41.0 Å². The highest BCUT2D eigenvalue weighted by atomic mass is 16.6. The molecule has 0 aliphatic rings. The lowest BCUT2D eigenvalue weighted by molar-refractivity contribution is -0.889. The molecule has 2 unspecified atom stereocenters. The number of hydrogen-bond acceptors (Lipinski definition) is 7. The summed E-state index contributed by atoms with van der Waals surface area (Å²) >= 11 is 0. The minimum Gasteiger partial charge on any atom is -0.544 e. The Labute approximate surface area is 336 Å². The Morgan fingerprint density at radius 2 is 1.05 bits per heavy atom. The number of carboxylic acids is 1. The van der Waals surface area contributed by atoms with Gasteiger partial charge < -0.3 is 28.6 Å². The third-order valence-electron chi connectivity index (χ3n) is 9.20. The summed E-state index contributed by atoms with van der Waals surface area (Å²) in [5.41, 5.74) is 0. The van der Waals surface area contributed by atoms with Gasteiger partial charge >= 0.3 is 11.9 Å². The molecule has 8 nitrogen and oxygen atoms in total. The van der Waals surface area contributed by atoms with Gasteiger partial charge in [-0.2, -0.15) is 0 Å². The maximum Gasteiger partial charge on any atom is 0.306 e. The number of aliphatic carboxylic acids is 1. The van der Waals surface area contributed by atoms with Crippen LogP contribution in [0.4, 0.5) is 0 Å². The minimum absolute atomic E-state index is 0.0112. The standard InChI is InChI=1S/C47H79NO7/c1-6-8-10-12-14-16-18-20-21-22-23-24-26-28-30-32-34-36-38-46(50)55-43(41-53-40-39-44(47(51)52)48(3,4)5)42-54-45(49)37-35-33-31-29-27-25-19-17-15-13-11-9-7-2/h9,11,13,15,17,19,23-25,27,29,31,43-44H,6-8,10,12,14,16,18,20-22,26,28,30,32-42H2,1-5H3/b11-9+,15-13+,19-17+,24-23+,27-25+,31-29+. The maximum absolute atomic E-state index is 12.7. The number of carbonyl (C=O) groups excluding carboxylic acids is 3. The van der Waals surface area contributed by atoms with E-state index in [-0.39, 0.29) is 49.1 Å². The van der Waals surface area contributed by atoms with Crippen LogP contribution in [0, 0.1) is 0 Å². The number of quaternary nitrogens is 1. The van der Waals surface area contributed by atoms with E-state index >= 15 is 0 Å². The van der Waals surface area contributed by atoms with Crippen LogP contribution in [-0.4, -0.2) is 75.5 Å². The molecule has 0 aliphatic carbocycles. The molecule has 0 aromatic carbocycles. The van der Waals surface area contributed by atoms with Gasteiger partial charge in [-0.3, -0.25) is 9.59 Å². The lowest BCUT2D eigenvalue weighted by Crippen LogP contribution is -2.55. The molecule has 0 amide bonds. The largest absolute Gasteiger partial charge is 0.544 e. The van der Waals surface area contributed by atoms with Gasteiger partial charge in [0.05, 0.1) is 40.3 Å². The minimum atomic E-state index is -1.14. The lowest BCUT2D eigenvalue weighted by Gasteiger charge is -2.34. The predicted molar refractivity (Wildman–Crippen MR) is 226 cm³/mol. The third-order valence-corrected chi connectivity index (χ3v) is 9.20. The van der Waals surface area contributed by atoms with Crippen molar-refractivity contribution in [1.29, 1.82) is 0 Å². The molecule has 0 fully saturated rings. The Hall–Kier alpha value is -3.23. The normalized spacial score (nSPS) is 13.7. The Bertz CT molecular complexity index is 1130. The number of ether oxygens (including phenoxy) is 3. The SMILES string of the molecule is CC/C=C/C=C/C=C/C=C/C=C/CCCC(=O)OCC(COCCC(C(=O)[O-])[N+](C)(C)C)OC(=O)CCCCCCC/C=C/CCCCCCCCCCC. The van der Waals surface area contributed by atoms with Crippen LogP contribution in [0.2, 0.25) is 0 Å². The van der Waals surface area contributed by atoms with Gasteiger partial charge in [0.15, 0.2) is 6.10 Å². The van der Waals surface area contributed by atoms with E-state index in [0.29, 0.717) is 12.8 Å². The van der Waals surface area contributed by atoms with E-state index < -0.39 is 18.1 Å². The molecule has 0 aliphatic heterocycles. The third kappa shape index (κ3) is 36.2. The molecule has 0 spiro atoms. The quantitative estimate of drug-likeness (QED) is 0.0204. The highest BCUT2D eigenvalue weighted by Gasteiger charge is 2.25. The molecular weight excluding hydrogens is 691 g/mol. The fourth-order valence-corrected chi connectivity index (χ4v) is 5.86. The number of esters is 2. The van der Waals surface area contributed by atoms with Crippen LogP contribution in [0.25, 0.3) is 0 Å². The molecule has 314 valence electrons. The predicted octanol–water partition coefficient (Wildman–Crippen LogP) is 10.2. The number of hydrogen-bond donors (Lipinski definition) is 0. The van der Waals surface area contributed by atoms with Crippen molar-refractivity contribution in [3.05, 3.63) is 72.9 Å². The van der Waals surface area contributed by atoms with Crippen LogP contribution in [0.5, 0.6) is 0 Å². The Morgan fingerprint density at radius 1 is 0.564 bits per heavy atom. The van der Waals surface area contributed by atoms with Crippen molar-refractivity contribution in [3.63, 3.8) is 0 Å². The van der Waals surface area contributed by atoms with E-state index in [0.717, 1.165) is 51.4 Å². The number of allylic oxidation sites excluding steroid dienone is 12. The van der Waals surface area contributed by atoms with Crippen molar-refractivity contribution >= 4 is 17.9 Å². The fraction of sp³-hybridized carbons (Fsp3) is 0.681. The van der Waals surface area contributed by atoms with Gasteiger partial charge in [0.25, 0.3) is 0 Å². The summed E-state index contributed by atoms with van der Waals surface area (Å²) in [6.45, 7) is 4.42. The average Bonchev–Trinajstić information content (AvgIpc) is 3.14. The second-order valence-electron chi connectivity index (χ2n) is 15.3. The van der Waals surface area contributed by atoms with Gasteiger partial charge in [0.1, 0.15) is 12.6 Å². The molecule has 0 rings (SSSR count). The lowest BCUT2D eigenvalue weighted by atomic mass is 10.1. The summed E-state index contributed by atoms with van der Waals surface area (Å²) < 4.78 is 17.1. The van der Waals surface area contributed by atoms with E-state index in [1.807, 2.05) is 54.7 Å². The van der Waals surface area contributed by atoms with Gasteiger partial charge in [-0.25, -0.2) is 0 Å². The highest BCUT2D eigenvalue weighted by Crippen LogP contribution is 2.13. The summed E-state index contributed by atoms with van der Waals surface area (Å²) in [7, 11) is 5.37. The molecule has 8 heteroatoms. The molecule has 55 heavy (non-hydrogen) atoms. The second kappa shape index (κ2) is 37.7. The van der Waals surface area contributed by atoms with Crippen molar-refractivity contribution in [1.82, 2.24) is 0 Å². The van der Waals surface area contributed by atoms with Gasteiger partial charge in [-0.05, 0) is 51.4 Å². The zero-order valence-corrected chi connectivity index (χ0v) is 35.6. The summed E-state index contributed by atoms with van der Waals surface area (Å²) in [5.74, 6) is -1.85. The monoisotopic (exact) mass is 770 g/mol. The molecule has 2 atom stereocenters. The van der Waals surface area contributed by atoms with Crippen molar-refractivity contribution < 1.29 is 38.2 Å². The van der Waals surface area contributed by atoms with Crippen molar-refractivity contribution in [2.45, 2.75) is 167 Å². The molecular formula is C47H79NO7. The first-order valence-electron chi connectivity index (χ1n) is 21.5. The van der Waals surface area contributed by atoms with Crippen LogP contribution in [-0.2, 0) is 28.6 Å². The molecule has 0 aromatic heterocycles. The van der Waals surface area contributed by atoms with Crippen LogP contribution >= 0.6 is 0 Å². The first kappa shape index (κ1) is 51.8. The molecule has 0 radical (unpaired) electrons. The molecule has 0 aromatic rings. The molecule has 0 saturated carbocycles. The summed E-state index contributed by atoms with van der Waals surface area (Å²) in [6.07, 6.45) is 46.6. The summed E-state index contributed by atoms with van der Waals surface area (Å²) in [5, 5.41) is 11.6. The first-order chi connectivity index (χ1) is 26.6. The molecule has 0 saturated heterocycles. The first-order valence-corrected chi connectivity index (χ1v) is 21.5. The molecule has 0 heterocycles. The average molecular weight is 770 g/mol. The van der Waals surface area contributed by atoms with E-state index in [9.17, 15) is 19.5 Å². The topological polar surface area (TPSA) is 102 Å². The van der Waals surface area contributed by atoms with Crippen molar-refractivity contribution in [3.8, 4) is 0 Å². The second-order valence-corrected chi connectivity index (χ2v) is 15.3. The number of nitrogens with zero attached hydrogens (tertiary/aromatic N) is 1. The Morgan fingerprint density at radius 3 is 1.60 bits per heavy atom. The smallest absolute Gasteiger partial charge is 0.306 e. The van der Waals surface area contributed by atoms with Gasteiger partial charge in [0.2, 0.25) is 0 Å². The summed E-state index contributed by atoms with van der Waals surface area (Å²) in [4.78, 5) is 36.8.